The molecule has 1 aliphatic heterocycles. The summed E-state index contributed by atoms with van der Waals surface area (Å²) in [6.45, 7) is 10.7. The van der Waals surface area contributed by atoms with Gasteiger partial charge in [-0.05, 0) is 20.8 Å². The molecule has 0 bridgehead atoms. The van der Waals surface area contributed by atoms with Crippen LogP contribution in [0.2, 0.25) is 0 Å². The molecule has 0 aromatic carbocycles. The second-order valence-electron chi connectivity index (χ2n) is 5.60. The topological polar surface area (TPSA) is 71.4 Å². The van der Waals surface area contributed by atoms with E-state index in [0.717, 1.165) is 44.2 Å². The van der Waals surface area contributed by atoms with Crippen molar-refractivity contribution in [3.05, 3.63) is 29.2 Å². The average Bonchev–Trinajstić information content (AvgIpc) is 3.08. The number of piperazine rings is 1. The highest BCUT2D eigenvalue weighted by Gasteiger charge is 2.25. The monoisotopic (exact) mass is 291 g/mol. The molecule has 114 valence electrons. The molecule has 21 heavy (non-hydrogen) atoms. The standard InChI is InChI=1S/C14H21N5O2/c1-10-8-13(20-16-10)9-18-4-6-19(7-5-18)11(2)14-15-12(3)17-21-14/h8,11H,4-7,9H2,1-3H3/t11-/m1/s1. The molecular formula is C14H21N5O2. The van der Waals surface area contributed by atoms with Crippen molar-refractivity contribution >= 4 is 0 Å². The van der Waals surface area contributed by atoms with Crippen LogP contribution in [-0.4, -0.2) is 51.3 Å². The maximum atomic E-state index is 5.27. The largest absolute Gasteiger partial charge is 0.360 e. The Balaban J connectivity index is 1.52. The molecule has 2 aromatic heterocycles. The molecule has 7 nitrogen and oxygen atoms in total. The van der Waals surface area contributed by atoms with Crippen LogP contribution in [0.1, 0.15) is 36.1 Å². The summed E-state index contributed by atoms with van der Waals surface area (Å²) in [6.07, 6.45) is 0. The highest BCUT2D eigenvalue weighted by Crippen LogP contribution is 2.20. The first-order valence-corrected chi connectivity index (χ1v) is 7.30. The zero-order chi connectivity index (χ0) is 14.8. The fraction of sp³-hybridized carbons (Fsp3) is 0.643. The Morgan fingerprint density at radius 2 is 1.90 bits per heavy atom. The predicted octanol–water partition coefficient (Wildman–Crippen LogP) is 1.55. The van der Waals surface area contributed by atoms with Gasteiger partial charge in [0.15, 0.2) is 11.6 Å². The van der Waals surface area contributed by atoms with Crippen molar-refractivity contribution in [2.75, 3.05) is 26.2 Å². The lowest BCUT2D eigenvalue weighted by atomic mass is 10.2. The highest BCUT2D eigenvalue weighted by molar-refractivity contribution is 5.03. The van der Waals surface area contributed by atoms with Gasteiger partial charge in [0.05, 0.1) is 18.3 Å². The van der Waals surface area contributed by atoms with Crippen molar-refractivity contribution in [3.63, 3.8) is 0 Å². The first kappa shape index (κ1) is 14.2. The molecule has 1 atom stereocenters. The lowest BCUT2D eigenvalue weighted by molar-refractivity contribution is 0.0795. The van der Waals surface area contributed by atoms with E-state index in [1.54, 1.807) is 0 Å². The number of hydrogen-bond acceptors (Lipinski definition) is 7. The van der Waals surface area contributed by atoms with E-state index in [2.05, 4.69) is 32.0 Å². The summed E-state index contributed by atoms with van der Waals surface area (Å²) in [5.41, 5.74) is 0.934. The second kappa shape index (κ2) is 5.95. The summed E-state index contributed by atoms with van der Waals surface area (Å²) in [7, 11) is 0. The zero-order valence-corrected chi connectivity index (χ0v) is 12.7. The quantitative estimate of drug-likeness (QED) is 0.846. The minimum atomic E-state index is 0.167. The van der Waals surface area contributed by atoms with Crippen LogP contribution in [0.15, 0.2) is 15.1 Å². The third-order valence-electron chi connectivity index (χ3n) is 3.91. The molecule has 3 heterocycles. The molecule has 7 heteroatoms. The number of aromatic nitrogens is 3. The summed E-state index contributed by atoms with van der Waals surface area (Å²) < 4.78 is 10.5. The van der Waals surface area contributed by atoms with Gasteiger partial charge < -0.3 is 9.05 Å². The number of rotatable bonds is 4. The van der Waals surface area contributed by atoms with Crippen LogP contribution in [0, 0.1) is 13.8 Å². The van der Waals surface area contributed by atoms with Gasteiger partial charge in [-0.15, -0.1) is 0 Å². The van der Waals surface area contributed by atoms with E-state index in [1.165, 1.54) is 0 Å². The van der Waals surface area contributed by atoms with Crippen molar-refractivity contribution in [1.82, 2.24) is 25.1 Å². The third-order valence-corrected chi connectivity index (χ3v) is 3.91. The van der Waals surface area contributed by atoms with Crippen LogP contribution < -0.4 is 0 Å². The predicted molar refractivity (Wildman–Crippen MR) is 75.5 cm³/mol. The summed E-state index contributed by atoms with van der Waals surface area (Å²) in [4.78, 5) is 9.07. The maximum Gasteiger partial charge on any atom is 0.243 e. The van der Waals surface area contributed by atoms with Crippen LogP contribution in [0.3, 0.4) is 0 Å². The van der Waals surface area contributed by atoms with Gasteiger partial charge >= 0.3 is 0 Å². The van der Waals surface area contributed by atoms with Gasteiger partial charge in [0.1, 0.15) is 0 Å². The lowest BCUT2D eigenvalue weighted by Crippen LogP contribution is -2.46. The lowest BCUT2D eigenvalue weighted by Gasteiger charge is -2.36. The molecule has 0 radical (unpaired) electrons. The normalized spacial score (nSPS) is 19.0. The number of hydrogen-bond donors (Lipinski definition) is 0. The Morgan fingerprint density at radius 1 is 1.14 bits per heavy atom. The maximum absolute atomic E-state index is 5.27. The molecular weight excluding hydrogens is 270 g/mol. The third kappa shape index (κ3) is 3.30. The van der Waals surface area contributed by atoms with Crippen molar-refractivity contribution in [1.29, 1.82) is 0 Å². The Kier molecular flexibility index (Phi) is 4.03. The smallest absolute Gasteiger partial charge is 0.243 e. The van der Waals surface area contributed by atoms with Gasteiger partial charge in [-0.1, -0.05) is 10.3 Å². The molecule has 1 aliphatic rings. The fourth-order valence-electron chi connectivity index (χ4n) is 2.66. The molecule has 1 fully saturated rings. The molecule has 0 aliphatic carbocycles. The number of aryl methyl sites for hydroxylation is 2. The molecule has 0 spiro atoms. The van der Waals surface area contributed by atoms with Crippen molar-refractivity contribution in [2.45, 2.75) is 33.4 Å². The molecule has 0 amide bonds. The molecule has 2 aromatic rings. The van der Waals surface area contributed by atoms with E-state index >= 15 is 0 Å². The van der Waals surface area contributed by atoms with E-state index in [4.69, 9.17) is 9.05 Å². The van der Waals surface area contributed by atoms with E-state index in [0.29, 0.717) is 11.7 Å². The van der Waals surface area contributed by atoms with E-state index in [-0.39, 0.29) is 6.04 Å². The fourth-order valence-corrected chi connectivity index (χ4v) is 2.66. The first-order valence-electron chi connectivity index (χ1n) is 7.30. The summed E-state index contributed by atoms with van der Waals surface area (Å²) >= 11 is 0. The zero-order valence-electron chi connectivity index (χ0n) is 12.7. The molecule has 0 saturated carbocycles. The summed E-state index contributed by atoms with van der Waals surface area (Å²) in [5.74, 6) is 2.32. The molecule has 3 rings (SSSR count). The minimum Gasteiger partial charge on any atom is -0.360 e. The minimum absolute atomic E-state index is 0.167. The van der Waals surface area contributed by atoms with Crippen LogP contribution in [0.4, 0.5) is 0 Å². The average molecular weight is 291 g/mol. The summed E-state index contributed by atoms with van der Waals surface area (Å²) in [5, 5.41) is 7.79. The van der Waals surface area contributed by atoms with Crippen molar-refractivity contribution in [2.24, 2.45) is 0 Å². The Labute approximate surface area is 123 Å². The van der Waals surface area contributed by atoms with Crippen molar-refractivity contribution < 1.29 is 9.05 Å². The first-order chi connectivity index (χ1) is 10.1. The van der Waals surface area contributed by atoms with E-state index in [1.807, 2.05) is 19.9 Å². The van der Waals surface area contributed by atoms with E-state index in [9.17, 15) is 0 Å². The van der Waals surface area contributed by atoms with Gasteiger partial charge in [-0.2, -0.15) is 4.98 Å². The van der Waals surface area contributed by atoms with Crippen LogP contribution in [0.25, 0.3) is 0 Å². The Hall–Kier alpha value is -1.73. The molecule has 1 saturated heterocycles. The Morgan fingerprint density at radius 3 is 2.48 bits per heavy atom. The second-order valence-corrected chi connectivity index (χ2v) is 5.60. The van der Waals surface area contributed by atoms with Crippen LogP contribution in [-0.2, 0) is 6.54 Å². The van der Waals surface area contributed by atoms with Gasteiger partial charge in [-0.25, -0.2) is 0 Å². The van der Waals surface area contributed by atoms with Crippen LogP contribution in [0.5, 0.6) is 0 Å². The van der Waals surface area contributed by atoms with Crippen LogP contribution >= 0.6 is 0 Å². The Bertz CT molecular complexity index is 586. The van der Waals surface area contributed by atoms with Gasteiger partial charge in [0.25, 0.3) is 0 Å². The number of nitrogens with zero attached hydrogens (tertiary/aromatic N) is 5. The molecule has 0 N–H and O–H groups in total. The molecule has 0 unspecified atom stereocenters. The van der Waals surface area contributed by atoms with Gasteiger partial charge in [0, 0.05) is 32.2 Å². The van der Waals surface area contributed by atoms with Gasteiger partial charge in [-0.3, -0.25) is 9.80 Å². The summed E-state index contributed by atoms with van der Waals surface area (Å²) in [6, 6.07) is 2.16. The van der Waals surface area contributed by atoms with E-state index < -0.39 is 0 Å². The van der Waals surface area contributed by atoms with Gasteiger partial charge in [0.2, 0.25) is 5.89 Å². The van der Waals surface area contributed by atoms with Crippen molar-refractivity contribution in [3.8, 4) is 0 Å². The highest BCUT2D eigenvalue weighted by atomic mass is 16.5. The SMILES string of the molecule is Cc1cc(CN2CCN([C@H](C)c3nc(C)no3)CC2)on1.